The van der Waals surface area contributed by atoms with Crippen LogP contribution in [0, 0.1) is 0 Å². The molecule has 0 radical (unpaired) electrons. The summed E-state index contributed by atoms with van der Waals surface area (Å²) in [7, 11) is 3.34. The van der Waals surface area contributed by atoms with Gasteiger partial charge in [0.15, 0.2) is 0 Å². The van der Waals surface area contributed by atoms with E-state index in [1.54, 1.807) is 14.2 Å². The number of benzene rings is 2. The molecule has 0 bridgehead atoms. The largest absolute Gasteiger partial charge is 0.497 e. The fourth-order valence-electron chi connectivity index (χ4n) is 4.11. The van der Waals surface area contributed by atoms with Crippen molar-refractivity contribution in [2.45, 2.75) is 0 Å². The van der Waals surface area contributed by atoms with E-state index in [0.29, 0.717) is 79.3 Å². The molecule has 10 nitrogen and oxygen atoms in total. The van der Waals surface area contributed by atoms with Gasteiger partial charge in [0.05, 0.1) is 93.5 Å². The number of ether oxygens (including phenoxy) is 8. The molecule has 1 fully saturated rings. The van der Waals surface area contributed by atoms with Gasteiger partial charge in [-0.05, 0) is 48.5 Å². The molecule has 1 aliphatic heterocycles. The zero-order chi connectivity index (χ0) is 28.1. The minimum absolute atomic E-state index is 0.532. The van der Waals surface area contributed by atoms with Gasteiger partial charge in [0.1, 0.15) is 11.5 Å². The summed E-state index contributed by atoms with van der Waals surface area (Å²) in [6.45, 7) is 9.64. The van der Waals surface area contributed by atoms with Crippen LogP contribution >= 0.6 is 0 Å². The lowest BCUT2D eigenvalue weighted by atomic mass is 10.2. The van der Waals surface area contributed by atoms with Crippen molar-refractivity contribution in [3.63, 3.8) is 0 Å². The molecule has 1 aliphatic rings. The maximum atomic E-state index is 5.83. The summed E-state index contributed by atoms with van der Waals surface area (Å²) in [5.41, 5.74) is 2.20. The topological polar surface area (TPSA) is 80.3 Å². The molecule has 10 heteroatoms. The Morgan fingerprint density at radius 2 is 0.650 bits per heavy atom. The van der Waals surface area contributed by atoms with Gasteiger partial charge in [-0.3, -0.25) is 0 Å². The van der Waals surface area contributed by atoms with Gasteiger partial charge in [-0.25, -0.2) is 0 Å². The second-order valence-corrected chi connectivity index (χ2v) is 9.04. The lowest BCUT2D eigenvalue weighted by molar-refractivity contribution is 0.0126. The summed E-state index contributed by atoms with van der Waals surface area (Å²) in [6, 6.07) is 16.1. The Balaban J connectivity index is 1.45. The summed E-state index contributed by atoms with van der Waals surface area (Å²) in [5.74, 6) is 1.66. The first kappa shape index (κ1) is 31.9. The molecule has 0 amide bonds. The second kappa shape index (κ2) is 20.3. The van der Waals surface area contributed by atoms with Crippen LogP contribution in [0.1, 0.15) is 0 Å². The number of methoxy groups -OCH3 is 2. The van der Waals surface area contributed by atoms with Crippen LogP contribution in [0.25, 0.3) is 0 Å². The summed E-state index contributed by atoms with van der Waals surface area (Å²) >= 11 is 0. The zero-order valence-electron chi connectivity index (χ0n) is 24.1. The van der Waals surface area contributed by atoms with E-state index in [4.69, 9.17) is 37.9 Å². The number of nitrogens with zero attached hydrogens (tertiary/aromatic N) is 2. The predicted molar refractivity (Wildman–Crippen MR) is 155 cm³/mol. The van der Waals surface area contributed by atoms with Gasteiger partial charge in [0.25, 0.3) is 0 Å². The molecule has 2 aromatic carbocycles. The normalized spacial score (nSPS) is 18.9. The Hall–Kier alpha value is -2.60. The Labute approximate surface area is 238 Å². The van der Waals surface area contributed by atoms with Gasteiger partial charge in [-0.2, -0.15) is 0 Å². The van der Waals surface area contributed by atoms with Gasteiger partial charge < -0.3 is 47.7 Å². The minimum atomic E-state index is 0.532. The summed E-state index contributed by atoms with van der Waals surface area (Å²) in [4.78, 5) is 4.49. The van der Waals surface area contributed by atoms with Gasteiger partial charge >= 0.3 is 0 Å². The van der Waals surface area contributed by atoms with Gasteiger partial charge in [0, 0.05) is 37.6 Å². The van der Waals surface area contributed by atoms with E-state index in [9.17, 15) is 0 Å². The van der Waals surface area contributed by atoms with Crippen LogP contribution in [0.5, 0.6) is 11.5 Å². The predicted octanol–water partition coefficient (Wildman–Crippen LogP) is 3.13. The van der Waals surface area contributed by atoms with E-state index < -0.39 is 0 Å². The van der Waals surface area contributed by atoms with E-state index in [-0.39, 0.29) is 0 Å². The molecule has 40 heavy (non-hydrogen) atoms. The van der Waals surface area contributed by atoms with Crippen LogP contribution in [0.15, 0.2) is 48.5 Å². The summed E-state index contributed by atoms with van der Waals surface area (Å²) in [5, 5.41) is 0. The van der Waals surface area contributed by atoms with Crippen LogP contribution < -0.4 is 19.3 Å². The minimum Gasteiger partial charge on any atom is -0.497 e. The first-order chi connectivity index (χ1) is 19.8. The Morgan fingerprint density at radius 1 is 0.400 bits per heavy atom. The van der Waals surface area contributed by atoms with Crippen molar-refractivity contribution in [1.29, 1.82) is 0 Å². The number of anilines is 2. The Bertz CT molecular complexity index is 787. The summed E-state index contributed by atoms with van der Waals surface area (Å²) in [6.07, 6.45) is 0. The van der Waals surface area contributed by atoms with Crippen LogP contribution in [0.4, 0.5) is 11.4 Å². The van der Waals surface area contributed by atoms with Crippen LogP contribution in [0.3, 0.4) is 0 Å². The number of rotatable bonds is 4. The highest BCUT2D eigenvalue weighted by Crippen LogP contribution is 2.20. The van der Waals surface area contributed by atoms with Gasteiger partial charge in [0.2, 0.25) is 0 Å². The SMILES string of the molecule is COc1ccc(N2CCOCCOCCOCCN(c3ccc(OC)cc3)CCOCCOCCOCC2)cc1. The monoisotopic (exact) mass is 562 g/mol. The molecule has 0 spiro atoms. The molecule has 0 unspecified atom stereocenters. The molecule has 0 aromatic heterocycles. The molecule has 3 rings (SSSR count). The average molecular weight is 563 g/mol. The van der Waals surface area contributed by atoms with Gasteiger partial charge in [-0.1, -0.05) is 0 Å². The molecule has 2 aromatic rings. The summed E-state index contributed by atoms with van der Waals surface area (Å²) < 4.78 is 45.3. The van der Waals surface area contributed by atoms with E-state index in [0.717, 1.165) is 49.1 Å². The maximum absolute atomic E-state index is 5.83. The Kier molecular flexibility index (Phi) is 16.2. The molecular formula is C30H46N2O8. The van der Waals surface area contributed by atoms with Crippen molar-refractivity contribution in [3.05, 3.63) is 48.5 Å². The first-order valence-electron chi connectivity index (χ1n) is 14.0. The van der Waals surface area contributed by atoms with E-state index in [1.807, 2.05) is 24.3 Å². The first-order valence-corrected chi connectivity index (χ1v) is 14.0. The van der Waals surface area contributed by atoms with Crippen LogP contribution in [-0.2, 0) is 28.4 Å². The number of hydrogen-bond acceptors (Lipinski definition) is 10. The highest BCUT2D eigenvalue weighted by Gasteiger charge is 2.09. The molecular weight excluding hydrogens is 516 g/mol. The highest BCUT2D eigenvalue weighted by molar-refractivity contribution is 5.50. The molecule has 0 atom stereocenters. The van der Waals surface area contributed by atoms with Crippen molar-refractivity contribution in [2.24, 2.45) is 0 Å². The van der Waals surface area contributed by atoms with E-state index >= 15 is 0 Å². The van der Waals surface area contributed by atoms with Crippen LogP contribution in [-0.4, -0.2) is 120 Å². The smallest absolute Gasteiger partial charge is 0.119 e. The Morgan fingerprint density at radius 3 is 0.900 bits per heavy atom. The van der Waals surface area contributed by atoms with Crippen molar-refractivity contribution in [3.8, 4) is 11.5 Å². The second-order valence-electron chi connectivity index (χ2n) is 9.04. The molecule has 0 aliphatic carbocycles. The van der Waals surface area contributed by atoms with Gasteiger partial charge in [-0.15, -0.1) is 0 Å². The lowest BCUT2D eigenvalue weighted by Crippen LogP contribution is -2.32. The third kappa shape index (κ3) is 12.7. The molecule has 0 N–H and O–H groups in total. The highest BCUT2D eigenvalue weighted by atomic mass is 16.5. The van der Waals surface area contributed by atoms with E-state index in [1.165, 1.54) is 0 Å². The van der Waals surface area contributed by atoms with Crippen molar-refractivity contribution < 1.29 is 37.9 Å². The van der Waals surface area contributed by atoms with E-state index in [2.05, 4.69) is 34.1 Å². The third-order valence-electron chi connectivity index (χ3n) is 6.39. The molecule has 224 valence electrons. The third-order valence-corrected chi connectivity index (χ3v) is 6.39. The molecule has 0 saturated carbocycles. The fourth-order valence-corrected chi connectivity index (χ4v) is 4.11. The maximum Gasteiger partial charge on any atom is 0.119 e. The number of hydrogen-bond donors (Lipinski definition) is 0. The van der Waals surface area contributed by atoms with Crippen molar-refractivity contribution >= 4 is 11.4 Å². The fraction of sp³-hybridized carbons (Fsp3) is 0.600. The quantitative estimate of drug-likeness (QED) is 0.555. The van der Waals surface area contributed by atoms with Crippen molar-refractivity contribution in [1.82, 2.24) is 0 Å². The standard InChI is InChI=1S/C30H46N2O8/c1-33-29-7-3-27(4-8-29)31-11-15-35-19-23-39-25-21-37-17-13-32(28-5-9-30(34-2)10-6-28)14-18-38-22-26-40-24-20-36-16-12-31/h3-10H,11-26H2,1-2H3. The molecule has 1 heterocycles. The lowest BCUT2D eigenvalue weighted by Gasteiger charge is -2.25. The average Bonchev–Trinajstić information content (AvgIpc) is 3.00. The molecule has 1 saturated heterocycles. The zero-order valence-corrected chi connectivity index (χ0v) is 24.1. The van der Waals surface area contributed by atoms with Crippen molar-refractivity contribution in [2.75, 3.05) is 129 Å². The van der Waals surface area contributed by atoms with Crippen LogP contribution in [0.2, 0.25) is 0 Å².